The molecule has 0 bridgehead atoms. The molecule has 1 saturated heterocycles. The highest BCUT2D eigenvalue weighted by Gasteiger charge is 2.42. The number of benzene rings is 2. The summed E-state index contributed by atoms with van der Waals surface area (Å²) in [5.41, 5.74) is -0.533. The highest BCUT2D eigenvalue weighted by molar-refractivity contribution is 5.73. The van der Waals surface area contributed by atoms with Gasteiger partial charge in [-0.15, -0.1) is 0 Å². The van der Waals surface area contributed by atoms with E-state index >= 15 is 0 Å². The third-order valence-electron chi connectivity index (χ3n) is 4.72. The van der Waals surface area contributed by atoms with Crippen LogP contribution in [-0.2, 0) is 15.1 Å². The minimum absolute atomic E-state index is 0.0604. The average Bonchev–Trinajstić information content (AvgIpc) is 2.64. The van der Waals surface area contributed by atoms with Crippen molar-refractivity contribution in [2.75, 3.05) is 13.1 Å². The second kappa shape index (κ2) is 7.65. The predicted octanol–water partition coefficient (Wildman–Crippen LogP) is 4.15. The molecule has 27 heavy (non-hydrogen) atoms. The number of amides is 1. The molecule has 0 unspecified atom stereocenters. The molecule has 1 N–H and O–H groups in total. The number of rotatable bonds is 4. The van der Waals surface area contributed by atoms with Crippen LogP contribution < -0.4 is 4.74 Å². The van der Waals surface area contributed by atoms with Gasteiger partial charge in [0.25, 0.3) is 0 Å². The van der Waals surface area contributed by atoms with Crippen molar-refractivity contribution in [2.24, 2.45) is 0 Å². The standard InChI is InChI=1S/C20H20FNO5/c1-14(23)22-12-10-20(11-13-22,27-19(24)25)17-4-2-3-5-18(17)26-16-8-6-15(21)7-9-16/h2-9H,10-13H2,1H3,(H,24,25). The number of nitrogens with zero attached hydrogens (tertiary/aromatic N) is 1. The number of piperidine rings is 1. The van der Waals surface area contributed by atoms with Crippen molar-refractivity contribution < 1.29 is 28.6 Å². The summed E-state index contributed by atoms with van der Waals surface area (Å²) in [5, 5.41) is 9.29. The Morgan fingerprint density at radius 2 is 1.70 bits per heavy atom. The quantitative estimate of drug-likeness (QED) is 0.815. The van der Waals surface area contributed by atoms with Gasteiger partial charge in [-0.2, -0.15) is 0 Å². The summed E-state index contributed by atoms with van der Waals surface area (Å²) in [6.07, 6.45) is -0.742. The number of carbonyl (C=O) groups is 2. The van der Waals surface area contributed by atoms with E-state index in [4.69, 9.17) is 9.47 Å². The van der Waals surface area contributed by atoms with E-state index in [1.54, 1.807) is 29.2 Å². The average molecular weight is 373 g/mol. The molecule has 7 heteroatoms. The number of likely N-dealkylation sites (tertiary alicyclic amines) is 1. The largest absolute Gasteiger partial charge is 0.506 e. The van der Waals surface area contributed by atoms with E-state index in [1.165, 1.54) is 31.2 Å². The highest BCUT2D eigenvalue weighted by atomic mass is 19.1. The van der Waals surface area contributed by atoms with Crippen LogP contribution in [0, 0.1) is 5.82 Å². The molecule has 0 aliphatic carbocycles. The van der Waals surface area contributed by atoms with Gasteiger partial charge in [0.2, 0.25) is 5.91 Å². The van der Waals surface area contributed by atoms with Gasteiger partial charge in [-0.1, -0.05) is 18.2 Å². The Bertz CT molecular complexity index is 829. The SMILES string of the molecule is CC(=O)N1CCC(OC(=O)O)(c2ccccc2Oc2ccc(F)cc2)CC1. The van der Waals surface area contributed by atoms with Crippen LogP contribution in [-0.4, -0.2) is 35.2 Å². The fourth-order valence-electron chi connectivity index (χ4n) is 3.34. The Kier molecular flexibility index (Phi) is 5.30. The Balaban J connectivity index is 1.94. The molecule has 0 spiro atoms. The molecule has 0 atom stereocenters. The lowest BCUT2D eigenvalue weighted by Gasteiger charge is -2.41. The number of hydrogen-bond donors (Lipinski definition) is 1. The van der Waals surface area contributed by atoms with Gasteiger partial charge in [0, 0.05) is 38.4 Å². The van der Waals surface area contributed by atoms with Gasteiger partial charge in [0.05, 0.1) is 0 Å². The number of ether oxygens (including phenoxy) is 2. The predicted molar refractivity (Wildman–Crippen MR) is 95.2 cm³/mol. The highest BCUT2D eigenvalue weighted by Crippen LogP contribution is 2.42. The van der Waals surface area contributed by atoms with Crippen LogP contribution in [0.1, 0.15) is 25.3 Å². The van der Waals surface area contributed by atoms with Crippen LogP contribution in [0.15, 0.2) is 48.5 Å². The maximum Gasteiger partial charge on any atom is 0.506 e. The van der Waals surface area contributed by atoms with Crippen molar-refractivity contribution >= 4 is 12.1 Å². The summed E-state index contributed by atoms with van der Waals surface area (Å²) in [5.74, 6) is 0.421. The smallest absolute Gasteiger partial charge is 0.457 e. The lowest BCUT2D eigenvalue weighted by Crippen LogP contribution is -2.46. The molecule has 142 valence electrons. The molecule has 3 rings (SSSR count). The molecule has 2 aromatic rings. The first-order valence-corrected chi connectivity index (χ1v) is 8.60. The normalized spacial score (nSPS) is 15.9. The van der Waals surface area contributed by atoms with Gasteiger partial charge < -0.3 is 19.5 Å². The van der Waals surface area contributed by atoms with Crippen LogP contribution in [0.25, 0.3) is 0 Å². The van der Waals surface area contributed by atoms with Crippen molar-refractivity contribution in [1.82, 2.24) is 4.90 Å². The van der Waals surface area contributed by atoms with Crippen molar-refractivity contribution in [3.63, 3.8) is 0 Å². The first-order chi connectivity index (χ1) is 12.9. The Morgan fingerprint density at radius 1 is 1.07 bits per heavy atom. The zero-order valence-electron chi connectivity index (χ0n) is 14.9. The first-order valence-electron chi connectivity index (χ1n) is 8.60. The first kappa shape index (κ1) is 18.7. The van der Waals surface area contributed by atoms with Crippen LogP contribution in [0.4, 0.5) is 9.18 Å². The molecule has 0 radical (unpaired) electrons. The van der Waals surface area contributed by atoms with Crippen LogP contribution in [0.5, 0.6) is 11.5 Å². The monoisotopic (exact) mass is 373 g/mol. The number of para-hydroxylation sites is 1. The fourth-order valence-corrected chi connectivity index (χ4v) is 3.34. The van der Waals surface area contributed by atoms with E-state index in [-0.39, 0.29) is 11.7 Å². The Hall–Kier alpha value is -3.09. The number of carbonyl (C=O) groups excluding carboxylic acids is 1. The number of hydrogen-bond acceptors (Lipinski definition) is 4. The van der Waals surface area contributed by atoms with E-state index in [0.29, 0.717) is 43.0 Å². The van der Waals surface area contributed by atoms with E-state index < -0.39 is 11.8 Å². The molecule has 2 aromatic carbocycles. The van der Waals surface area contributed by atoms with Crippen molar-refractivity contribution in [3.8, 4) is 11.5 Å². The maximum atomic E-state index is 13.1. The fraction of sp³-hybridized carbons (Fsp3) is 0.300. The Labute approximate surface area is 156 Å². The van der Waals surface area contributed by atoms with E-state index in [9.17, 15) is 19.1 Å². The summed E-state index contributed by atoms with van der Waals surface area (Å²) >= 11 is 0. The summed E-state index contributed by atoms with van der Waals surface area (Å²) < 4.78 is 24.3. The zero-order valence-corrected chi connectivity index (χ0v) is 14.9. The second-order valence-electron chi connectivity index (χ2n) is 6.42. The molecule has 1 amide bonds. The van der Waals surface area contributed by atoms with Gasteiger partial charge in [0.1, 0.15) is 22.9 Å². The van der Waals surface area contributed by atoms with E-state index in [0.717, 1.165) is 0 Å². The topological polar surface area (TPSA) is 76.1 Å². The van der Waals surface area contributed by atoms with E-state index in [2.05, 4.69) is 0 Å². The van der Waals surface area contributed by atoms with Crippen molar-refractivity contribution in [1.29, 1.82) is 0 Å². The number of carboxylic acid groups (broad SMARTS) is 1. The molecule has 1 heterocycles. The van der Waals surface area contributed by atoms with Gasteiger partial charge in [0.15, 0.2) is 0 Å². The van der Waals surface area contributed by atoms with E-state index in [1.807, 2.05) is 0 Å². The molecule has 0 aromatic heterocycles. The summed E-state index contributed by atoms with van der Waals surface area (Å²) in [7, 11) is 0. The molecule has 6 nitrogen and oxygen atoms in total. The lowest BCUT2D eigenvalue weighted by atomic mass is 9.83. The molecule has 1 fully saturated rings. The van der Waals surface area contributed by atoms with Gasteiger partial charge in [-0.3, -0.25) is 4.79 Å². The molecular weight excluding hydrogens is 353 g/mol. The van der Waals surface area contributed by atoms with Crippen molar-refractivity contribution in [3.05, 3.63) is 59.9 Å². The third kappa shape index (κ3) is 4.19. The van der Waals surface area contributed by atoms with Crippen LogP contribution >= 0.6 is 0 Å². The second-order valence-corrected chi connectivity index (χ2v) is 6.42. The maximum absolute atomic E-state index is 13.1. The van der Waals surface area contributed by atoms with Gasteiger partial charge >= 0.3 is 6.16 Å². The Morgan fingerprint density at radius 3 is 2.30 bits per heavy atom. The third-order valence-corrected chi connectivity index (χ3v) is 4.72. The summed E-state index contributed by atoms with van der Waals surface area (Å²) in [6.45, 7) is 2.25. The molecule has 0 saturated carbocycles. The van der Waals surface area contributed by atoms with Crippen LogP contribution in [0.2, 0.25) is 0 Å². The van der Waals surface area contributed by atoms with Crippen molar-refractivity contribution in [2.45, 2.75) is 25.4 Å². The minimum atomic E-state index is -1.39. The zero-order chi connectivity index (χ0) is 19.4. The van der Waals surface area contributed by atoms with Crippen LogP contribution in [0.3, 0.4) is 0 Å². The molecule has 1 aliphatic rings. The van der Waals surface area contributed by atoms with Gasteiger partial charge in [-0.05, 0) is 30.3 Å². The lowest BCUT2D eigenvalue weighted by molar-refractivity contribution is -0.134. The number of halogens is 1. The summed E-state index contributed by atoms with van der Waals surface area (Å²) in [6, 6.07) is 12.6. The minimum Gasteiger partial charge on any atom is -0.457 e. The molecule has 1 aliphatic heterocycles. The van der Waals surface area contributed by atoms with Gasteiger partial charge in [-0.25, -0.2) is 9.18 Å². The summed E-state index contributed by atoms with van der Waals surface area (Å²) in [4.78, 5) is 24.7. The molecular formula is C20H20FNO5.